The largest absolute Gasteiger partial charge is 0.464 e. The molecule has 0 saturated carbocycles. The van der Waals surface area contributed by atoms with E-state index in [2.05, 4.69) is 22.3 Å². The second-order valence-corrected chi connectivity index (χ2v) is 20.5. The van der Waals surface area contributed by atoms with Crippen LogP contribution in [-0.4, -0.2) is 148 Å². The highest BCUT2D eigenvalue weighted by atomic mass is 19.4. The second-order valence-electron chi connectivity index (χ2n) is 20.5. The number of pyridine rings is 1. The van der Waals surface area contributed by atoms with Gasteiger partial charge in [-0.1, -0.05) is 34.3 Å². The zero-order chi connectivity index (χ0) is 51.9. The average molecular weight is 1000 g/mol. The molecule has 3 saturated heterocycles. The van der Waals surface area contributed by atoms with Gasteiger partial charge in [0.1, 0.15) is 37.7 Å². The van der Waals surface area contributed by atoms with E-state index in [0.717, 1.165) is 0 Å². The molecule has 7 heterocycles. The SMILES string of the molecule is C=CC(=O)N1COC2(CCN(C(=O)N(C)[C@H](C(=O)N[C@H]3Cc4coc(n4)-c4ccc5c(c4)c(c(-c4cccnc4[C@H](C)OC)n5CC(F)(F)F)CC(C)(C)COC(=O)[C@@H]4CCCN(N4)C3=O)C(C)C)CC2)C1. The lowest BCUT2D eigenvalue weighted by Crippen LogP contribution is -2.62. The van der Waals surface area contributed by atoms with Crippen molar-refractivity contribution in [2.45, 2.75) is 116 Å². The van der Waals surface area contributed by atoms with Crippen LogP contribution >= 0.6 is 0 Å². The summed E-state index contributed by atoms with van der Waals surface area (Å²) < 4.78 is 69.0. The van der Waals surface area contributed by atoms with Crippen LogP contribution in [0, 0.1) is 11.3 Å². The van der Waals surface area contributed by atoms with E-state index in [9.17, 15) is 37.1 Å². The fourth-order valence-corrected chi connectivity index (χ4v) is 10.4. The summed E-state index contributed by atoms with van der Waals surface area (Å²) in [6.07, 6.45) is 0.705. The number of hydrogen-bond acceptors (Lipinski definition) is 12. The number of hydrazine groups is 1. The number of rotatable bonds is 9. The van der Waals surface area contributed by atoms with E-state index in [4.69, 9.17) is 23.6 Å². The predicted octanol–water partition coefficient (Wildman–Crippen LogP) is 6.19. The van der Waals surface area contributed by atoms with Gasteiger partial charge in [0.2, 0.25) is 17.7 Å². The number of likely N-dealkylation sites (tertiary alicyclic amines) is 1. The van der Waals surface area contributed by atoms with Crippen LogP contribution in [0.2, 0.25) is 0 Å². The van der Waals surface area contributed by atoms with Crippen LogP contribution in [0.3, 0.4) is 0 Å². The number of piperidine rings is 1. The van der Waals surface area contributed by atoms with E-state index >= 15 is 0 Å². The molecule has 3 fully saturated rings. The first kappa shape index (κ1) is 52.0. The minimum Gasteiger partial charge on any atom is -0.464 e. The molecule has 4 aliphatic heterocycles. The number of halogens is 3. The van der Waals surface area contributed by atoms with Crippen molar-refractivity contribution in [3.8, 4) is 22.7 Å². The van der Waals surface area contributed by atoms with Gasteiger partial charge in [0.25, 0.3) is 5.91 Å². The van der Waals surface area contributed by atoms with E-state index in [1.807, 2.05) is 13.8 Å². The summed E-state index contributed by atoms with van der Waals surface area (Å²) in [7, 11) is 3.05. The highest BCUT2D eigenvalue weighted by Crippen LogP contribution is 2.43. The number of cyclic esters (lactones) is 1. The van der Waals surface area contributed by atoms with Crippen LogP contribution in [0.15, 0.2) is 59.9 Å². The molecule has 4 aliphatic rings. The molecular weight excluding hydrogens is 940 g/mol. The molecule has 4 atom stereocenters. The molecule has 1 aromatic carbocycles. The maximum absolute atomic E-state index is 14.7. The Kier molecular flexibility index (Phi) is 14.9. The van der Waals surface area contributed by atoms with Crippen molar-refractivity contribution in [3.05, 3.63) is 72.4 Å². The number of nitrogens with zero attached hydrogens (tertiary/aromatic N) is 7. The lowest BCUT2D eigenvalue weighted by molar-refractivity contribution is -0.155. The summed E-state index contributed by atoms with van der Waals surface area (Å²) in [5, 5.41) is 4.70. The highest BCUT2D eigenvalue weighted by molar-refractivity contribution is 5.95. The number of fused-ring (bicyclic) bond motifs is 6. The van der Waals surface area contributed by atoms with Crippen LogP contribution in [-0.2, 0) is 52.8 Å². The molecule has 6 bridgehead atoms. The summed E-state index contributed by atoms with van der Waals surface area (Å²) in [4.78, 5) is 83.4. The van der Waals surface area contributed by atoms with Gasteiger partial charge in [-0.05, 0) is 86.9 Å². The number of nitrogens with one attached hydrogen (secondary N) is 2. The number of alkyl halides is 3. The number of urea groups is 1. The normalized spacial score (nSPS) is 21.3. The van der Waals surface area contributed by atoms with Crippen LogP contribution in [0.1, 0.15) is 83.4 Å². The molecule has 5 amide bonds. The van der Waals surface area contributed by atoms with Crippen molar-refractivity contribution in [1.82, 2.24) is 45.0 Å². The topological polar surface area (TPSA) is 194 Å². The zero-order valence-electron chi connectivity index (χ0n) is 41.8. The van der Waals surface area contributed by atoms with Crippen LogP contribution in [0.4, 0.5) is 18.0 Å². The Hall–Kier alpha value is -6.32. The number of likely N-dealkylation sites (N-methyl/N-ethyl adjacent to an activating group) is 1. The van der Waals surface area contributed by atoms with E-state index in [-0.39, 0.29) is 56.2 Å². The standard InChI is InChI=1S/C51H64F3N9O9/c1-9-40(64)61-26-50(72-29-61)16-20-60(21-17-50)48(68)59(7)42(30(2)3)44(65)57-38-23-33-25-70-45(56-33)32-14-15-39-35(22-32)36(24-49(5,6)28-71-47(67)37-13-11-19-63(58-37)46(38)66)43(62(39)27-51(52,53)54)34-12-10-18-55-41(34)31(4)69-8/h9-10,12,14-15,18,22,25,30-31,37-38,42,58H,1,11,13,16-17,19-21,23-24,26-29H2,2-8H3,(H,57,65)/t31-,37-,38-,42-/m0/s1. The van der Waals surface area contributed by atoms with Crippen molar-refractivity contribution in [1.29, 1.82) is 0 Å². The Labute approximate surface area is 416 Å². The number of carbonyl (C=O) groups is 5. The first-order valence-corrected chi connectivity index (χ1v) is 24.4. The molecule has 8 rings (SSSR count). The Balaban J connectivity index is 1.13. The maximum Gasteiger partial charge on any atom is 0.406 e. The number of aromatic nitrogens is 3. The van der Waals surface area contributed by atoms with Gasteiger partial charge in [0.05, 0.1) is 41.9 Å². The third-order valence-electron chi connectivity index (χ3n) is 14.2. The summed E-state index contributed by atoms with van der Waals surface area (Å²) in [6.45, 7) is 12.6. The third-order valence-corrected chi connectivity index (χ3v) is 14.2. The molecule has 4 aromatic rings. The molecular formula is C51H64F3N9O9. The van der Waals surface area contributed by atoms with Crippen LogP contribution in [0.5, 0.6) is 0 Å². The number of ether oxygens (including phenoxy) is 3. The molecule has 0 radical (unpaired) electrons. The molecule has 72 heavy (non-hydrogen) atoms. The van der Waals surface area contributed by atoms with E-state index in [1.165, 1.54) is 33.9 Å². The Morgan fingerprint density at radius 1 is 1.10 bits per heavy atom. The van der Waals surface area contributed by atoms with Crippen molar-refractivity contribution in [2.24, 2.45) is 11.3 Å². The molecule has 3 aromatic heterocycles. The molecule has 18 nitrogen and oxygen atoms in total. The quantitative estimate of drug-likeness (QED) is 0.143. The van der Waals surface area contributed by atoms with Gasteiger partial charge in [0, 0.05) is 73.9 Å². The van der Waals surface area contributed by atoms with Gasteiger partial charge in [-0.2, -0.15) is 13.2 Å². The minimum absolute atomic E-state index is 0.122. The number of methoxy groups -OCH3 is 1. The number of amides is 5. The first-order valence-electron chi connectivity index (χ1n) is 24.4. The summed E-state index contributed by atoms with van der Waals surface area (Å²) in [5.74, 6) is -2.30. The Morgan fingerprint density at radius 2 is 1.85 bits per heavy atom. The molecule has 2 N–H and O–H groups in total. The lowest BCUT2D eigenvalue weighted by atomic mass is 9.84. The molecule has 388 valence electrons. The molecule has 1 spiro atoms. The van der Waals surface area contributed by atoms with E-state index in [0.29, 0.717) is 84.3 Å². The van der Waals surface area contributed by atoms with Gasteiger partial charge in [-0.3, -0.25) is 29.2 Å². The van der Waals surface area contributed by atoms with Crippen molar-refractivity contribution >= 4 is 40.6 Å². The van der Waals surface area contributed by atoms with Crippen molar-refractivity contribution in [3.63, 3.8) is 0 Å². The lowest BCUT2D eigenvalue weighted by Gasteiger charge is -2.41. The number of oxazole rings is 1. The Bertz CT molecular complexity index is 2710. The van der Waals surface area contributed by atoms with Gasteiger partial charge >= 0.3 is 18.2 Å². The molecule has 0 aliphatic carbocycles. The average Bonchev–Trinajstić information content (AvgIpc) is 4.07. The van der Waals surface area contributed by atoms with Crippen LogP contribution < -0.4 is 10.7 Å². The fourth-order valence-electron chi connectivity index (χ4n) is 10.4. The van der Waals surface area contributed by atoms with Crippen LogP contribution in [0.25, 0.3) is 33.6 Å². The summed E-state index contributed by atoms with van der Waals surface area (Å²) >= 11 is 0. The van der Waals surface area contributed by atoms with E-state index < -0.39 is 71.7 Å². The number of esters is 1. The smallest absolute Gasteiger partial charge is 0.406 e. The van der Waals surface area contributed by atoms with Gasteiger partial charge in [-0.15, -0.1) is 0 Å². The van der Waals surface area contributed by atoms with Gasteiger partial charge in [0.15, 0.2) is 0 Å². The molecule has 21 heteroatoms. The Morgan fingerprint density at radius 3 is 2.54 bits per heavy atom. The number of carbonyl (C=O) groups excluding carboxylic acids is 5. The van der Waals surface area contributed by atoms with Crippen molar-refractivity contribution in [2.75, 3.05) is 53.7 Å². The van der Waals surface area contributed by atoms with E-state index in [1.54, 1.807) is 74.1 Å². The minimum atomic E-state index is -4.62. The van der Waals surface area contributed by atoms with Gasteiger partial charge in [-0.25, -0.2) is 15.2 Å². The first-order chi connectivity index (χ1) is 34.1. The molecule has 0 unspecified atom stereocenters. The fraction of sp³-hybridized carbons (Fsp3) is 0.549. The third kappa shape index (κ3) is 10.9. The van der Waals surface area contributed by atoms with Gasteiger partial charge < -0.3 is 43.2 Å². The maximum atomic E-state index is 14.7. The number of hydrogen-bond donors (Lipinski definition) is 2. The highest BCUT2D eigenvalue weighted by Gasteiger charge is 2.46. The van der Waals surface area contributed by atoms with Crippen molar-refractivity contribution < 1.29 is 55.8 Å². The monoisotopic (exact) mass is 1000 g/mol. The predicted molar refractivity (Wildman–Crippen MR) is 257 cm³/mol. The summed E-state index contributed by atoms with van der Waals surface area (Å²) in [5.41, 5.74) is 4.35. The summed E-state index contributed by atoms with van der Waals surface area (Å²) in [6, 6.07) is 4.71. The number of benzene rings is 1. The second kappa shape index (κ2) is 20.7. The zero-order valence-corrected chi connectivity index (χ0v) is 41.8.